The quantitative estimate of drug-likeness (QED) is 0.833. The van der Waals surface area contributed by atoms with E-state index in [9.17, 15) is 4.79 Å². The first kappa shape index (κ1) is 16.5. The highest BCUT2D eigenvalue weighted by atomic mass is 35.5. The van der Waals surface area contributed by atoms with Crippen LogP contribution in [0.2, 0.25) is 5.02 Å². The Morgan fingerprint density at radius 2 is 1.96 bits per heavy atom. The van der Waals surface area contributed by atoms with Crippen LogP contribution < -0.4 is 14.2 Å². The van der Waals surface area contributed by atoms with Crippen LogP contribution in [-0.2, 0) is 11.3 Å². The summed E-state index contributed by atoms with van der Waals surface area (Å²) in [5, 5.41) is 0.574. The van der Waals surface area contributed by atoms with Gasteiger partial charge >= 0.3 is 0 Å². The van der Waals surface area contributed by atoms with Crippen molar-refractivity contribution in [1.29, 1.82) is 0 Å². The number of amides is 1. The molecule has 0 aliphatic carbocycles. The second-order valence-corrected chi connectivity index (χ2v) is 5.91. The van der Waals surface area contributed by atoms with Gasteiger partial charge in [0, 0.05) is 18.6 Å². The van der Waals surface area contributed by atoms with E-state index >= 15 is 0 Å². The Kier molecular flexibility index (Phi) is 5.11. The molecule has 0 saturated heterocycles. The SMILES string of the molecule is CN(Cc1ccc2c(c1)OCCO2)C(=O)COc1cccc(Cl)c1. The summed E-state index contributed by atoms with van der Waals surface area (Å²) >= 11 is 5.89. The van der Waals surface area contributed by atoms with Crippen LogP contribution in [0, 0.1) is 0 Å². The molecule has 0 fully saturated rings. The fraction of sp³-hybridized carbons (Fsp3) is 0.278. The summed E-state index contributed by atoms with van der Waals surface area (Å²) < 4.78 is 16.5. The zero-order valence-corrected chi connectivity index (χ0v) is 14.1. The van der Waals surface area contributed by atoms with Crippen molar-refractivity contribution in [3.8, 4) is 17.2 Å². The monoisotopic (exact) mass is 347 g/mol. The maximum Gasteiger partial charge on any atom is 0.260 e. The minimum Gasteiger partial charge on any atom is -0.486 e. The molecule has 1 aliphatic heterocycles. The molecule has 0 saturated carbocycles. The van der Waals surface area contributed by atoms with Crippen molar-refractivity contribution in [3.63, 3.8) is 0 Å². The molecule has 2 aromatic carbocycles. The lowest BCUT2D eigenvalue weighted by atomic mass is 10.2. The maximum absolute atomic E-state index is 12.2. The summed E-state index contributed by atoms with van der Waals surface area (Å²) in [4.78, 5) is 13.8. The lowest BCUT2D eigenvalue weighted by Crippen LogP contribution is -2.31. The molecule has 5 nitrogen and oxygen atoms in total. The third kappa shape index (κ3) is 4.11. The van der Waals surface area contributed by atoms with Crippen molar-refractivity contribution in [2.45, 2.75) is 6.54 Å². The van der Waals surface area contributed by atoms with Crippen LogP contribution in [0.4, 0.5) is 0 Å². The standard InChI is InChI=1S/C18H18ClNO4/c1-20(18(21)12-24-15-4-2-3-14(19)10-15)11-13-5-6-16-17(9-13)23-8-7-22-16/h2-6,9-10H,7-8,11-12H2,1H3. The predicted octanol–water partition coefficient (Wildman–Crippen LogP) is 3.15. The number of likely N-dealkylation sites (N-methyl/N-ethyl adjacent to an activating group) is 1. The van der Waals surface area contributed by atoms with Gasteiger partial charge in [-0.3, -0.25) is 4.79 Å². The van der Waals surface area contributed by atoms with E-state index in [1.54, 1.807) is 36.2 Å². The summed E-state index contributed by atoms with van der Waals surface area (Å²) in [5.41, 5.74) is 0.970. The Morgan fingerprint density at radius 1 is 1.17 bits per heavy atom. The molecule has 0 unspecified atom stereocenters. The minimum atomic E-state index is -0.120. The van der Waals surface area contributed by atoms with Crippen LogP contribution in [0.25, 0.3) is 0 Å². The van der Waals surface area contributed by atoms with Crippen molar-refractivity contribution in [3.05, 3.63) is 53.1 Å². The van der Waals surface area contributed by atoms with E-state index in [0.29, 0.717) is 30.5 Å². The summed E-state index contributed by atoms with van der Waals surface area (Å²) in [6.07, 6.45) is 0. The van der Waals surface area contributed by atoms with Crippen molar-refractivity contribution < 1.29 is 19.0 Å². The molecule has 0 aromatic heterocycles. The van der Waals surface area contributed by atoms with Gasteiger partial charge in [0.25, 0.3) is 5.91 Å². The molecular weight excluding hydrogens is 330 g/mol. The normalized spacial score (nSPS) is 12.6. The van der Waals surface area contributed by atoms with Crippen LogP contribution in [0.1, 0.15) is 5.56 Å². The number of nitrogens with zero attached hydrogens (tertiary/aromatic N) is 1. The highest BCUT2D eigenvalue weighted by molar-refractivity contribution is 6.30. The Bertz CT molecular complexity index is 735. The van der Waals surface area contributed by atoms with Gasteiger partial charge in [-0.2, -0.15) is 0 Å². The summed E-state index contributed by atoms with van der Waals surface area (Å²) in [6, 6.07) is 12.7. The van der Waals surface area contributed by atoms with E-state index in [2.05, 4.69) is 0 Å². The van der Waals surface area contributed by atoms with Gasteiger partial charge in [-0.15, -0.1) is 0 Å². The molecule has 24 heavy (non-hydrogen) atoms. The fourth-order valence-electron chi connectivity index (χ4n) is 2.36. The van der Waals surface area contributed by atoms with Crippen LogP contribution in [0.15, 0.2) is 42.5 Å². The van der Waals surface area contributed by atoms with E-state index in [-0.39, 0.29) is 12.5 Å². The van der Waals surface area contributed by atoms with E-state index in [0.717, 1.165) is 17.1 Å². The first-order chi connectivity index (χ1) is 11.6. The molecule has 0 radical (unpaired) electrons. The lowest BCUT2D eigenvalue weighted by molar-refractivity contribution is -0.132. The summed E-state index contributed by atoms with van der Waals surface area (Å²) in [7, 11) is 1.74. The van der Waals surface area contributed by atoms with Crippen LogP contribution >= 0.6 is 11.6 Å². The number of carbonyl (C=O) groups is 1. The topological polar surface area (TPSA) is 48.0 Å². The highest BCUT2D eigenvalue weighted by Gasteiger charge is 2.14. The molecule has 2 aromatic rings. The minimum absolute atomic E-state index is 0.0403. The third-order valence-corrected chi connectivity index (χ3v) is 3.85. The Hall–Kier alpha value is -2.40. The zero-order chi connectivity index (χ0) is 16.9. The largest absolute Gasteiger partial charge is 0.486 e. The summed E-state index contributed by atoms with van der Waals surface area (Å²) in [5.74, 6) is 1.91. The van der Waals surface area contributed by atoms with Crippen molar-refractivity contribution in [1.82, 2.24) is 4.90 Å². The van der Waals surface area contributed by atoms with Crippen molar-refractivity contribution >= 4 is 17.5 Å². The van der Waals surface area contributed by atoms with Crippen LogP contribution in [-0.4, -0.2) is 37.7 Å². The van der Waals surface area contributed by atoms with E-state index in [1.165, 1.54) is 0 Å². The molecule has 1 aliphatic rings. The first-order valence-electron chi connectivity index (χ1n) is 7.63. The molecule has 1 heterocycles. The zero-order valence-electron chi connectivity index (χ0n) is 13.3. The number of rotatable bonds is 5. The maximum atomic E-state index is 12.2. The second-order valence-electron chi connectivity index (χ2n) is 5.47. The van der Waals surface area contributed by atoms with Crippen molar-refractivity contribution in [2.24, 2.45) is 0 Å². The first-order valence-corrected chi connectivity index (χ1v) is 8.00. The van der Waals surface area contributed by atoms with Crippen LogP contribution in [0.5, 0.6) is 17.2 Å². The molecule has 1 amide bonds. The third-order valence-electron chi connectivity index (χ3n) is 3.61. The number of fused-ring (bicyclic) bond motifs is 1. The smallest absolute Gasteiger partial charge is 0.260 e. The molecule has 0 atom stereocenters. The Balaban J connectivity index is 1.56. The number of carbonyl (C=O) groups excluding carboxylic acids is 1. The average Bonchev–Trinajstić information content (AvgIpc) is 2.59. The molecule has 3 rings (SSSR count). The highest BCUT2D eigenvalue weighted by Crippen LogP contribution is 2.31. The van der Waals surface area contributed by atoms with Gasteiger partial charge in [0.2, 0.25) is 0 Å². The second kappa shape index (κ2) is 7.45. The number of hydrogen-bond donors (Lipinski definition) is 0. The molecular formula is C18H18ClNO4. The lowest BCUT2D eigenvalue weighted by Gasteiger charge is -2.21. The Morgan fingerprint density at radius 3 is 2.75 bits per heavy atom. The molecule has 0 bridgehead atoms. The average molecular weight is 348 g/mol. The molecule has 0 N–H and O–H groups in total. The van der Waals surface area contributed by atoms with Crippen LogP contribution in [0.3, 0.4) is 0 Å². The van der Waals surface area contributed by atoms with Gasteiger partial charge in [0.1, 0.15) is 19.0 Å². The Labute approximate surface area is 145 Å². The number of hydrogen-bond acceptors (Lipinski definition) is 4. The fourth-order valence-corrected chi connectivity index (χ4v) is 2.54. The van der Waals surface area contributed by atoms with Gasteiger partial charge in [0.15, 0.2) is 18.1 Å². The molecule has 126 valence electrons. The number of benzene rings is 2. The van der Waals surface area contributed by atoms with E-state index in [1.807, 2.05) is 18.2 Å². The van der Waals surface area contributed by atoms with Crippen molar-refractivity contribution in [2.75, 3.05) is 26.9 Å². The van der Waals surface area contributed by atoms with E-state index in [4.69, 9.17) is 25.8 Å². The van der Waals surface area contributed by atoms with Gasteiger partial charge < -0.3 is 19.1 Å². The van der Waals surface area contributed by atoms with Gasteiger partial charge in [-0.25, -0.2) is 0 Å². The van der Waals surface area contributed by atoms with Gasteiger partial charge in [-0.05, 0) is 35.9 Å². The number of halogens is 1. The van der Waals surface area contributed by atoms with E-state index < -0.39 is 0 Å². The molecule has 6 heteroatoms. The van der Waals surface area contributed by atoms with Gasteiger partial charge in [-0.1, -0.05) is 23.7 Å². The van der Waals surface area contributed by atoms with Gasteiger partial charge in [0.05, 0.1) is 0 Å². The molecule has 0 spiro atoms. The number of ether oxygens (including phenoxy) is 3. The summed E-state index contributed by atoms with van der Waals surface area (Å²) in [6.45, 7) is 1.53. The predicted molar refractivity (Wildman–Crippen MR) is 90.9 cm³/mol.